The van der Waals surface area contributed by atoms with Crippen LogP contribution in [-0.4, -0.2) is 32.3 Å². The monoisotopic (exact) mass is 302 g/mol. The van der Waals surface area contributed by atoms with Crippen molar-refractivity contribution in [3.05, 3.63) is 29.8 Å². The predicted molar refractivity (Wildman–Crippen MR) is 76.3 cm³/mol. The lowest BCUT2D eigenvalue weighted by Crippen LogP contribution is -2.37. The van der Waals surface area contributed by atoms with Gasteiger partial charge in [-0.2, -0.15) is 13.2 Å². The summed E-state index contributed by atoms with van der Waals surface area (Å²) in [6.45, 7) is 2.92. The summed E-state index contributed by atoms with van der Waals surface area (Å²) in [4.78, 5) is 2.10. The van der Waals surface area contributed by atoms with E-state index in [0.717, 1.165) is 50.2 Å². The molecule has 0 saturated carbocycles. The van der Waals surface area contributed by atoms with Gasteiger partial charge in [0, 0.05) is 25.4 Å². The molecule has 1 saturated heterocycles. The van der Waals surface area contributed by atoms with Crippen molar-refractivity contribution in [2.75, 3.05) is 31.1 Å². The van der Waals surface area contributed by atoms with E-state index in [-0.39, 0.29) is 6.10 Å². The first-order valence-electron chi connectivity index (χ1n) is 7.24. The minimum atomic E-state index is -4.28. The van der Waals surface area contributed by atoms with E-state index in [1.165, 1.54) is 0 Å². The quantitative estimate of drug-likeness (QED) is 0.850. The lowest BCUT2D eigenvalue weighted by Gasteiger charge is -2.33. The number of anilines is 1. The third-order valence-corrected chi connectivity index (χ3v) is 3.70. The zero-order valence-corrected chi connectivity index (χ0v) is 11.9. The second-order valence-electron chi connectivity index (χ2n) is 5.24. The van der Waals surface area contributed by atoms with Crippen molar-refractivity contribution < 1.29 is 17.9 Å². The third-order valence-electron chi connectivity index (χ3n) is 3.70. The van der Waals surface area contributed by atoms with Crippen LogP contribution in [0.5, 0.6) is 0 Å². The molecule has 0 aromatic heterocycles. The molecule has 21 heavy (non-hydrogen) atoms. The van der Waals surface area contributed by atoms with Crippen LogP contribution in [0.1, 0.15) is 24.8 Å². The normalized spacial score (nSPS) is 17.2. The maximum atomic E-state index is 12.5. The van der Waals surface area contributed by atoms with E-state index in [0.29, 0.717) is 13.2 Å². The molecular weight excluding hydrogens is 281 g/mol. The smallest absolute Gasteiger partial charge is 0.378 e. The Kier molecular flexibility index (Phi) is 5.47. The van der Waals surface area contributed by atoms with Crippen LogP contribution in [0.3, 0.4) is 0 Å². The summed E-state index contributed by atoms with van der Waals surface area (Å²) < 4.78 is 43.3. The second kappa shape index (κ2) is 7.13. The van der Waals surface area contributed by atoms with Crippen molar-refractivity contribution in [3.8, 4) is 0 Å². The number of rotatable bonds is 5. The van der Waals surface area contributed by atoms with E-state index in [9.17, 15) is 13.2 Å². The summed E-state index contributed by atoms with van der Waals surface area (Å²) >= 11 is 0. The van der Waals surface area contributed by atoms with Gasteiger partial charge in [-0.25, -0.2) is 0 Å². The van der Waals surface area contributed by atoms with Crippen LogP contribution in [0.2, 0.25) is 0 Å². The van der Waals surface area contributed by atoms with E-state index >= 15 is 0 Å². The SMILES string of the molecule is NCCCOC1CCN(c2ccc(C(F)(F)F)cc2)CC1. The minimum absolute atomic E-state index is 0.238. The van der Waals surface area contributed by atoms with Crippen LogP contribution in [0.25, 0.3) is 0 Å². The number of ether oxygens (including phenoxy) is 1. The first-order chi connectivity index (χ1) is 10.0. The van der Waals surface area contributed by atoms with Crippen LogP contribution in [0.15, 0.2) is 24.3 Å². The highest BCUT2D eigenvalue weighted by Crippen LogP contribution is 2.31. The molecule has 1 aliphatic heterocycles. The van der Waals surface area contributed by atoms with Crippen LogP contribution in [0, 0.1) is 0 Å². The Bertz CT molecular complexity index is 426. The van der Waals surface area contributed by atoms with E-state index in [1.807, 2.05) is 0 Å². The number of hydrogen-bond donors (Lipinski definition) is 1. The lowest BCUT2D eigenvalue weighted by atomic mass is 10.1. The molecule has 0 radical (unpaired) electrons. The van der Waals surface area contributed by atoms with Crippen LogP contribution < -0.4 is 10.6 Å². The second-order valence-corrected chi connectivity index (χ2v) is 5.24. The van der Waals surface area contributed by atoms with Gasteiger partial charge < -0.3 is 15.4 Å². The van der Waals surface area contributed by atoms with Crippen LogP contribution in [-0.2, 0) is 10.9 Å². The molecule has 0 unspecified atom stereocenters. The molecule has 3 nitrogen and oxygen atoms in total. The van der Waals surface area contributed by atoms with Crippen molar-refractivity contribution in [2.45, 2.75) is 31.5 Å². The van der Waals surface area contributed by atoms with Gasteiger partial charge in [0.2, 0.25) is 0 Å². The topological polar surface area (TPSA) is 38.5 Å². The standard InChI is InChI=1S/C15H21F3N2O/c16-15(17,18)12-2-4-13(5-3-12)20-9-6-14(7-10-20)21-11-1-8-19/h2-5,14H,1,6-11,19H2. The van der Waals surface area contributed by atoms with E-state index in [4.69, 9.17) is 10.5 Å². The van der Waals surface area contributed by atoms with Crippen molar-refractivity contribution in [1.82, 2.24) is 0 Å². The highest BCUT2D eigenvalue weighted by Gasteiger charge is 2.30. The molecule has 6 heteroatoms. The fourth-order valence-corrected chi connectivity index (χ4v) is 2.48. The molecule has 1 aromatic carbocycles. The Morgan fingerprint density at radius 2 is 1.76 bits per heavy atom. The summed E-state index contributed by atoms with van der Waals surface area (Å²) in [5.74, 6) is 0. The van der Waals surface area contributed by atoms with Crippen molar-refractivity contribution in [1.29, 1.82) is 0 Å². The largest absolute Gasteiger partial charge is 0.416 e. The highest BCUT2D eigenvalue weighted by molar-refractivity contribution is 5.48. The van der Waals surface area contributed by atoms with Crippen molar-refractivity contribution in [3.63, 3.8) is 0 Å². The van der Waals surface area contributed by atoms with E-state index in [2.05, 4.69) is 4.90 Å². The summed E-state index contributed by atoms with van der Waals surface area (Å²) in [6, 6.07) is 5.36. The summed E-state index contributed by atoms with van der Waals surface area (Å²) in [7, 11) is 0. The van der Waals surface area contributed by atoms with Gasteiger partial charge in [0.05, 0.1) is 11.7 Å². The van der Waals surface area contributed by atoms with Gasteiger partial charge >= 0.3 is 6.18 Å². The fraction of sp³-hybridized carbons (Fsp3) is 0.600. The zero-order valence-electron chi connectivity index (χ0n) is 11.9. The Morgan fingerprint density at radius 1 is 1.14 bits per heavy atom. The first-order valence-corrected chi connectivity index (χ1v) is 7.24. The maximum absolute atomic E-state index is 12.5. The molecule has 0 aliphatic carbocycles. The molecule has 0 spiro atoms. The number of nitrogens with zero attached hydrogens (tertiary/aromatic N) is 1. The molecule has 1 heterocycles. The lowest BCUT2D eigenvalue weighted by molar-refractivity contribution is -0.137. The Labute approximate surface area is 122 Å². The molecule has 1 aromatic rings. The fourth-order valence-electron chi connectivity index (χ4n) is 2.48. The number of hydrogen-bond acceptors (Lipinski definition) is 3. The summed E-state index contributed by atoms with van der Waals surface area (Å²) in [6.07, 6.45) is -1.39. The Morgan fingerprint density at radius 3 is 2.29 bits per heavy atom. The van der Waals surface area contributed by atoms with Gasteiger partial charge in [-0.05, 0) is 50.1 Å². The first kappa shape index (κ1) is 16.1. The van der Waals surface area contributed by atoms with Crippen LogP contribution in [0.4, 0.5) is 18.9 Å². The van der Waals surface area contributed by atoms with Crippen molar-refractivity contribution >= 4 is 5.69 Å². The number of piperidine rings is 1. The summed E-state index contributed by atoms with van der Waals surface area (Å²) in [5, 5.41) is 0. The molecular formula is C15H21F3N2O. The van der Waals surface area contributed by atoms with E-state index < -0.39 is 11.7 Å². The average molecular weight is 302 g/mol. The highest BCUT2D eigenvalue weighted by atomic mass is 19.4. The Hall–Kier alpha value is -1.27. The van der Waals surface area contributed by atoms with Gasteiger partial charge in [-0.1, -0.05) is 0 Å². The minimum Gasteiger partial charge on any atom is -0.378 e. The van der Waals surface area contributed by atoms with Gasteiger partial charge in [-0.15, -0.1) is 0 Å². The molecule has 1 fully saturated rings. The molecule has 1 aliphatic rings. The Balaban J connectivity index is 1.85. The number of halogens is 3. The maximum Gasteiger partial charge on any atom is 0.416 e. The average Bonchev–Trinajstić information content (AvgIpc) is 2.48. The predicted octanol–water partition coefficient (Wildman–Crippen LogP) is 3.04. The number of nitrogens with two attached hydrogens (primary N) is 1. The number of benzene rings is 1. The molecule has 0 atom stereocenters. The molecule has 0 bridgehead atoms. The molecule has 2 rings (SSSR count). The number of alkyl halides is 3. The molecule has 0 amide bonds. The molecule has 118 valence electrons. The summed E-state index contributed by atoms with van der Waals surface area (Å²) in [5.41, 5.74) is 5.65. The van der Waals surface area contributed by atoms with Gasteiger partial charge in [0.15, 0.2) is 0 Å². The third kappa shape index (κ3) is 4.61. The van der Waals surface area contributed by atoms with Gasteiger partial charge in [0.25, 0.3) is 0 Å². The van der Waals surface area contributed by atoms with E-state index in [1.54, 1.807) is 12.1 Å². The van der Waals surface area contributed by atoms with Crippen molar-refractivity contribution in [2.24, 2.45) is 5.73 Å². The van der Waals surface area contributed by atoms with Crippen LogP contribution >= 0.6 is 0 Å². The van der Waals surface area contributed by atoms with Gasteiger partial charge in [-0.3, -0.25) is 0 Å². The molecule has 2 N–H and O–H groups in total. The van der Waals surface area contributed by atoms with Gasteiger partial charge in [0.1, 0.15) is 0 Å². The zero-order chi connectivity index (χ0) is 15.3.